The molecule has 58 valence electrons. The van der Waals surface area contributed by atoms with Crippen LogP contribution in [0.15, 0.2) is 12.1 Å². The molecule has 0 unspecified atom stereocenters. The molecule has 4 nitrogen and oxygen atoms in total. The second-order valence-corrected chi connectivity index (χ2v) is 2.88. The summed E-state index contributed by atoms with van der Waals surface area (Å²) in [5, 5.41) is 7.46. The van der Waals surface area contributed by atoms with Crippen molar-refractivity contribution in [1.29, 1.82) is 0 Å². The number of fused-ring (bicyclic) bond motifs is 3. The second-order valence-electron chi connectivity index (χ2n) is 2.88. The Morgan fingerprint density at radius 2 is 2.33 bits per heavy atom. The van der Waals surface area contributed by atoms with Crippen LogP contribution in [0.5, 0.6) is 0 Å². The molecule has 0 aliphatic heterocycles. The number of amides is 1. The Morgan fingerprint density at radius 1 is 1.50 bits per heavy atom. The van der Waals surface area contributed by atoms with Gasteiger partial charge in [0.1, 0.15) is 11.2 Å². The minimum absolute atomic E-state index is 0.408. The normalized spacial score (nSPS) is 12.0. The lowest BCUT2D eigenvalue weighted by Crippen LogP contribution is -2.11. The number of rotatable bonds is 1. The molecule has 3 rings (SSSR count). The molecule has 1 aromatic rings. The van der Waals surface area contributed by atoms with Gasteiger partial charge in [-0.1, -0.05) is 0 Å². The summed E-state index contributed by atoms with van der Waals surface area (Å²) >= 11 is 0. The van der Waals surface area contributed by atoms with Crippen molar-refractivity contribution in [1.82, 2.24) is 10.2 Å². The number of H-pyrrole nitrogens is 1. The van der Waals surface area contributed by atoms with Gasteiger partial charge in [-0.25, -0.2) is 0 Å². The maximum Gasteiger partial charge on any atom is 0.267 e. The number of hydrogen-bond acceptors (Lipinski definition) is 2. The van der Waals surface area contributed by atoms with Crippen molar-refractivity contribution in [3.8, 4) is 11.1 Å². The van der Waals surface area contributed by atoms with Crippen LogP contribution in [-0.4, -0.2) is 16.1 Å². The average Bonchev–Trinajstić information content (AvgIpc) is 2.54. The number of carbonyl (C=O) groups excluding carboxylic acids is 1. The van der Waals surface area contributed by atoms with Crippen LogP contribution in [0.4, 0.5) is 0 Å². The molecular formula is C8H5N3O. The van der Waals surface area contributed by atoms with Crippen molar-refractivity contribution < 1.29 is 4.79 Å². The van der Waals surface area contributed by atoms with E-state index in [4.69, 9.17) is 5.73 Å². The number of aromatic amines is 1. The topological polar surface area (TPSA) is 71.8 Å². The first kappa shape index (κ1) is 5.77. The summed E-state index contributed by atoms with van der Waals surface area (Å²) in [7, 11) is 0. The molecule has 2 aliphatic carbocycles. The van der Waals surface area contributed by atoms with Crippen LogP contribution in [-0.2, 0) is 0 Å². The van der Waals surface area contributed by atoms with Crippen LogP contribution in [0.2, 0.25) is 0 Å². The molecule has 3 N–H and O–H groups in total. The number of aromatic nitrogens is 2. The molecule has 0 fully saturated rings. The minimum atomic E-state index is -0.456. The Morgan fingerprint density at radius 3 is 3.08 bits per heavy atom. The van der Waals surface area contributed by atoms with E-state index in [0.717, 1.165) is 16.5 Å². The minimum Gasteiger partial charge on any atom is -0.364 e. The Balaban J connectivity index is 2.43. The Bertz CT molecular complexity index is 512. The van der Waals surface area contributed by atoms with E-state index < -0.39 is 5.91 Å². The molecule has 0 aromatic carbocycles. The van der Waals surface area contributed by atoms with Gasteiger partial charge in [-0.15, -0.1) is 0 Å². The fourth-order valence-corrected chi connectivity index (χ4v) is 1.48. The third-order valence-corrected chi connectivity index (χ3v) is 2.13. The number of carbonyl (C=O) groups is 1. The Labute approximate surface area is 67.4 Å². The average molecular weight is 159 g/mol. The van der Waals surface area contributed by atoms with E-state index in [1.165, 1.54) is 5.56 Å². The van der Waals surface area contributed by atoms with E-state index in [0.29, 0.717) is 5.69 Å². The van der Waals surface area contributed by atoms with E-state index >= 15 is 0 Å². The van der Waals surface area contributed by atoms with Crippen LogP contribution in [0.3, 0.4) is 0 Å². The highest BCUT2D eigenvalue weighted by Crippen LogP contribution is 2.42. The maximum absolute atomic E-state index is 10.8. The van der Waals surface area contributed by atoms with Crippen LogP contribution >= 0.6 is 0 Å². The Kier molecular flexibility index (Phi) is 0.721. The van der Waals surface area contributed by atoms with Crippen molar-refractivity contribution in [2.75, 3.05) is 0 Å². The van der Waals surface area contributed by atoms with E-state index in [1.54, 1.807) is 0 Å². The summed E-state index contributed by atoms with van der Waals surface area (Å²) in [6.45, 7) is 0. The van der Waals surface area contributed by atoms with Gasteiger partial charge in [0.2, 0.25) is 0 Å². The zero-order chi connectivity index (χ0) is 8.29. The van der Waals surface area contributed by atoms with Gasteiger partial charge in [0.05, 0.1) is 0 Å². The van der Waals surface area contributed by atoms with Gasteiger partial charge in [0.15, 0.2) is 0 Å². The van der Waals surface area contributed by atoms with Crippen molar-refractivity contribution in [3.63, 3.8) is 0 Å². The third-order valence-electron chi connectivity index (χ3n) is 2.13. The first-order valence-electron chi connectivity index (χ1n) is 3.59. The summed E-state index contributed by atoms with van der Waals surface area (Å²) in [6.07, 6.45) is 0. The SMILES string of the molecule is NC(=O)c1[nH]nc2c3cc-3cc12. The summed E-state index contributed by atoms with van der Waals surface area (Å²) in [5.41, 5.74) is 8.70. The van der Waals surface area contributed by atoms with Gasteiger partial charge in [-0.3, -0.25) is 9.89 Å². The second kappa shape index (κ2) is 1.50. The largest absolute Gasteiger partial charge is 0.364 e. The number of nitrogens with zero attached hydrogens (tertiary/aromatic N) is 1. The van der Waals surface area contributed by atoms with Crippen molar-refractivity contribution >= 4 is 16.8 Å². The number of nitrogens with two attached hydrogens (primary N) is 1. The van der Waals surface area contributed by atoms with Crippen molar-refractivity contribution in [2.24, 2.45) is 5.73 Å². The number of hydrogen-bond donors (Lipinski definition) is 2. The predicted molar refractivity (Wildman–Crippen MR) is 43.6 cm³/mol. The highest BCUT2D eigenvalue weighted by molar-refractivity contribution is 6.14. The lowest BCUT2D eigenvalue weighted by molar-refractivity contribution is 0.0997. The van der Waals surface area contributed by atoms with Gasteiger partial charge < -0.3 is 5.73 Å². The molecule has 0 atom stereocenters. The van der Waals surface area contributed by atoms with Crippen molar-refractivity contribution in [3.05, 3.63) is 17.8 Å². The van der Waals surface area contributed by atoms with Crippen LogP contribution < -0.4 is 5.73 Å². The molecule has 0 saturated carbocycles. The van der Waals surface area contributed by atoms with Gasteiger partial charge in [-0.05, 0) is 17.7 Å². The van der Waals surface area contributed by atoms with E-state index in [9.17, 15) is 4.79 Å². The molecule has 1 heterocycles. The number of nitrogens with one attached hydrogen (secondary N) is 1. The quantitative estimate of drug-likeness (QED) is 0.547. The van der Waals surface area contributed by atoms with Crippen molar-refractivity contribution in [2.45, 2.75) is 0 Å². The predicted octanol–water partition coefficient (Wildman–Crippen LogP) is 0.642. The molecule has 0 spiro atoms. The maximum atomic E-state index is 10.8. The number of primary amides is 1. The molecule has 1 aromatic heterocycles. The monoisotopic (exact) mass is 159 g/mol. The third kappa shape index (κ3) is 0.492. The van der Waals surface area contributed by atoms with Gasteiger partial charge in [0.25, 0.3) is 5.91 Å². The first-order valence-corrected chi connectivity index (χ1v) is 3.59. The van der Waals surface area contributed by atoms with E-state index in [2.05, 4.69) is 10.2 Å². The molecule has 4 heteroatoms. The first-order chi connectivity index (χ1) is 5.77. The van der Waals surface area contributed by atoms with Crippen LogP contribution in [0.1, 0.15) is 10.5 Å². The summed E-state index contributed by atoms with van der Waals surface area (Å²) in [4.78, 5) is 10.8. The fourth-order valence-electron chi connectivity index (χ4n) is 1.48. The zero-order valence-electron chi connectivity index (χ0n) is 6.09. The fraction of sp³-hybridized carbons (Fsp3) is 0. The standard InChI is InChI=1S/C8H5N3O/c9-8(12)7-5-2-3-1-4(3)6(5)10-11-7/h1-2H,(H2,9,12)(H,10,11). The van der Waals surface area contributed by atoms with Gasteiger partial charge in [-0.2, -0.15) is 5.10 Å². The molecule has 2 aliphatic rings. The summed E-state index contributed by atoms with van der Waals surface area (Å²) < 4.78 is 0. The van der Waals surface area contributed by atoms with E-state index in [1.807, 2.05) is 12.1 Å². The highest BCUT2D eigenvalue weighted by Gasteiger charge is 2.23. The molecule has 0 saturated heterocycles. The molecule has 12 heavy (non-hydrogen) atoms. The molecule has 1 amide bonds. The molecule has 0 radical (unpaired) electrons. The highest BCUT2D eigenvalue weighted by atomic mass is 16.1. The summed E-state index contributed by atoms with van der Waals surface area (Å²) in [6, 6.07) is 3.95. The lowest BCUT2D eigenvalue weighted by Gasteiger charge is -1.85. The van der Waals surface area contributed by atoms with Gasteiger partial charge in [0, 0.05) is 10.9 Å². The van der Waals surface area contributed by atoms with Gasteiger partial charge >= 0.3 is 0 Å². The number of benzene rings is 1. The van der Waals surface area contributed by atoms with E-state index in [-0.39, 0.29) is 0 Å². The molecule has 0 bridgehead atoms. The lowest BCUT2D eigenvalue weighted by atomic mass is 10.3. The molecular weight excluding hydrogens is 154 g/mol. The van der Waals surface area contributed by atoms with Crippen LogP contribution in [0.25, 0.3) is 22.0 Å². The zero-order valence-corrected chi connectivity index (χ0v) is 6.09. The smallest absolute Gasteiger partial charge is 0.267 e. The Hall–Kier alpha value is -1.84. The van der Waals surface area contributed by atoms with Crippen LogP contribution in [0, 0.1) is 0 Å². The summed E-state index contributed by atoms with van der Waals surface area (Å²) in [5.74, 6) is -0.456.